The van der Waals surface area contributed by atoms with Crippen LogP contribution in [0.3, 0.4) is 0 Å². The first-order chi connectivity index (χ1) is 9.55. The summed E-state index contributed by atoms with van der Waals surface area (Å²) in [7, 11) is 1.51. The number of hydrogen-bond donors (Lipinski definition) is 1. The number of anilines is 1. The predicted molar refractivity (Wildman–Crippen MR) is 70.8 cm³/mol. The van der Waals surface area contributed by atoms with Crippen LogP contribution in [0.1, 0.15) is 23.2 Å². The molecule has 0 fully saturated rings. The number of carbonyl (C=O) groups excluding carboxylic acids is 1. The molecule has 0 aliphatic heterocycles. The lowest BCUT2D eigenvalue weighted by Gasteiger charge is -2.04. The minimum atomic E-state index is -0.568. The van der Waals surface area contributed by atoms with E-state index in [4.69, 9.17) is 15.2 Å². The molecule has 2 N–H and O–H groups in total. The number of esters is 1. The average molecular weight is 277 g/mol. The topological polar surface area (TPSA) is 105 Å². The summed E-state index contributed by atoms with van der Waals surface area (Å²) in [6, 6.07) is 1.59. The summed E-state index contributed by atoms with van der Waals surface area (Å²) in [5.74, 6) is 0.809. The lowest BCUT2D eigenvalue weighted by molar-refractivity contribution is 0.0520. The van der Waals surface area contributed by atoms with Crippen LogP contribution >= 0.6 is 0 Å². The minimum Gasteiger partial charge on any atom is -0.481 e. The smallest absolute Gasteiger partial charge is 0.361 e. The van der Waals surface area contributed by atoms with E-state index in [2.05, 4.69) is 15.1 Å². The van der Waals surface area contributed by atoms with Gasteiger partial charge in [-0.2, -0.15) is 10.1 Å². The largest absolute Gasteiger partial charge is 0.481 e. The van der Waals surface area contributed by atoms with E-state index in [1.54, 1.807) is 19.9 Å². The Morgan fingerprint density at radius 1 is 1.45 bits per heavy atom. The van der Waals surface area contributed by atoms with E-state index in [1.165, 1.54) is 18.0 Å². The maximum atomic E-state index is 11.7. The van der Waals surface area contributed by atoms with Gasteiger partial charge in [-0.05, 0) is 13.8 Å². The van der Waals surface area contributed by atoms with E-state index < -0.39 is 5.97 Å². The Balaban J connectivity index is 2.41. The van der Waals surface area contributed by atoms with Gasteiger partial charge in [-0.3, -0.25) is 0 Å². The molecule has 0 aromatic carbocycles. The van der Waals surface area contributed by atoms with Crippen molar-refractivity contribution < 1.29 is 14.3 Å². The molecule has 2 heterocycles. The number of aryl methyl sites for hydroxylation is 1. The van der Waals surface area contributed by atoms with Crippen molar-refractivity contribution in [2.75, 3.05) is 19.5 Å². The number of hydrogen-bond acceptors (Lipinski definition) is 7. The maximum Gasteiger partial charge on any atom is 0.361 e. The van der Waals surface area contributed by atoms with E-state index >= 15 is 0 Å². The van der Waals surface area contributed by atoms with Crippen LogP contribution in [0.2, 0.25) is 0 Å². The molecular formula is C12H15N5O3. The van der Waals surface area contributed by atoms with Crippen LogP contribution in [0, 0.1) is 6.92 Å². The lowest BCUT2D eigenvalue weighted by Crippen LogP contribution is -2.09. The van der Waals surface area contributed by atoms with Gasteiger partial charge in [0.25, 0.3) is 0 Å². The van der Waals surface area contributed by atoms with Gasteiger partial charge in [-0.1, -0.05) is 0 Å². The second kappa shape index (κ2) is 5.55. The molecular weight excluding hydrogens is 262 g/mol. The fourth-order valence-electron chi connectivity index (χ4n) is 1.61. The van der Waals surface area contributed by atoms with Gasteiger partial charge in [0.15, 0.2) is 11.5 Å². The van der Waals surface area contributed by atoms with Crippen molar-refractivity contribution in [2.24, 2.45) is 0 Å². The third-order valence-electron chi connectivity index (χ3n) is 2.46. The van der Waals surface area contributed by atoms with Gasteiger partial charge in [0.1, 0.15) is 5.82 Å². The first kappa shape index (κ1) is 13.8. The van der Waals surface area contributed by atoms with Gasteiger partial charge in [0, 0.05) is 6.07 Å². The van der Waals surface area contributed by atoms with Crippen LogP contribution < -0.4 is 10.5 Å². The molecule has 20 heavy (non-hydrogen) atoms. The highest BCUT2D eigenvalue weighted by atomic mass is 16.5. The van der Waals surface area contributed by atoms with E-state index in [9.17, 15) is 4.79 Å². The molecule has 0 spiro atoms. The molecule has 8 heteroatoms. The summed E-state index contributed by atoms with van der Waals surface area (Å²) in [6.45, 7) is 3.69. The molecule has 0 aliphatic carbocycles. The molecule has 2 aromatic rings. The second-order valence-electron chi connectivity index (χ2n) is 3.91. The molecule has 0 amide bonds. The first-order valence-corrected chi connectivity index (χ1v) is 5.97. The summed E-state index contributed by atoms with van der Waals surface area (Å²) in [4.78, 5) is 20.0. The monoisotopic (exact) mass is 277 g/mol. The molecule has 2 rings (SSSR count). The summed E-state index contributed by atoms with van der Waals surface area (Å²) in [5.41, 5.74) is 6.04. The van der Waals surface area contributed by atoms with Crippen molar-refractivity contribution >= 4 is 11.7 Å². The second-order valence-corrected chi connectivity index (χ2v) is 3.91. The van der Waals surface area contributed by atoms with E-state index in [-0.39, 0.29) is 18.0 Å². The summed E-state index contributed by atoms with van der Waals surface area (Å²) < 4.78 is 11.3. The van der Waals surface area contributed by atoms with E-state index in [0.717, 1.165) is 0 Å². The molecule has 106 valence electrons. The van der Waals surface area contributed by atoms with Crippen molar-refractivity contribution in [3.8, 4) is 11.7 Å². The number of rotatable bonds is 4. The van der Waals surface area contributed by atoms with Gasteiger partial charge in [-0.15, -0.1) is 0 Å². The quantitative estimate of drug-likeness (QED) is 0.821. The number of nitrogens with two attached hydrogens (primary N) is 1. The number of carbonyl (C=O) groups is 1. The number of aromatic nitrogens is 4. The zero-order valence-electron chi connectivity index (χ0n) is 11.5. The Hall–Kier alpha value is -2.64. The molecule has 0 bridgehead atoms. The van der Waals surface area contributed by atoms with E-state index in [0.29, 0.717) is 17.5 Å². The first-order valence-electron chi connectivity index (χ1n) is 5.97. The van der Waals surface area contributed by atoms with Crippen molar-refractivity contribution in [3.63, 3.8) is 0 Å². The SMILES string of the molecule is CCOC(=O)c1nn(-c2cc(OC)nc(C)n2)cc1N. The number of methoxy groups -OCH3 is 1. The third kappa shape index (κ3) is 2.68. The molecule has 8 nitrogen and oxygen atoms in total. The number of nitrogens with zero attached hydrogens (tertiary/aromatic N) is 4. The van der Waals surface area contributed by atoms with Crippen molar-refractivity contribution in [1.29, 1.82) is 0 Å². The Bertz CT molecular complexity index is 638. The Kier molecular flexibility index (Phi) is 3.83. The highest BCUT2D eigenvalue weighted by molar-refractivity contribution is 5.92. The Labute approximate surface area is 115 Å². The lowest BCUT2D eigenvalue weighted by atomic mass is 10.4. The Morgan fingerprint density at radius 3 is 2.85 bits per heavy atom. The summed E-state index contributed by atoms with van der Waals surface area (Å²) in [6.07, 6.45) is 1.49. The standard InChI is InChI=1S/C12H15N5O3/c1-4-20-12(18)11-8(13)6-17(16-11)9-5-10(19-3)15-7(2)14-9/h5-6H,4,13H2,1-3H3. The van der Waals surface area contributed by atoms with Crippen molar-refractivity contribution in [2.45, 2.75) is 13.8 Å². The zero-order chi connectivity index (χ0) is 14.7. The molecule has 0 aliphatic rings. The van der Waals surface area contributed by atoms with E-state index in [1.807, 2.05) is 0 Å². The Morgan fingerprint density at radius 2 is 2.20 bits per heavy atom. The van der Waals surface area contributed by atoms with Crippen LogP contribution in [-0.4, -0.2) is 39.4 Å². The fourth-order valence-corrected chi connectivity index (χ4v) is 1.61. The van der Waals surface area contributed by atoms with Gasteiger partial charge < -0.3 is 15.2 Å². The van der Waals surface area contributed by atoms with Crippen LogP contribution in [0.15, 0.2) is 12.3 Å². The molecule has 0 radical (unpaired) electrons. The third-order valence-corrected chi connectivity index (χ3v) is 2.46. The van der Waals surface area contributed by atoms with Crippen LogP contribution in [0.5, 0.6) is 5.88 Å². The number of ether oxygens (including phenoxy) is 2. The average Bonchev–Trinajstić information content (AvgIpc) is 2.80. The fraction of sp³-hybridized carbons (Fsp3) is 0.333. The highest BCUT2D eigenvalue weighted by Crippen LogP contribution is 2.16. The molecule has 2 aromatic heterocycles. The maximum absolute atomic E-state index is 11.7. The summed E-state index contributed by atoms with van der Waals surface area (Å²) in [5, 5.41) is 4.09. The minimum absolute atomic E-state index is 0.0575. The van der Waals surface area contributed by atoms with Gasteiger partial charge in [0.05, 0.1) is 25.6 Å². The van der Waals surface area contributed by atoms with Gasteiger partial charge in [0.2, 0.25) is 5.88 Å². The van der Waals surface area contributed by atoms with Crippen LogP contribution in [0.4, 0.5) is 5.69 Å². The molecule has 0 saturated carbocycles. The molecule has 0 atom stereocenters. The van der Waals surface area contributed by atoms with Crippen LogP contribution in [0.25, 0.3) is 5.82 Å². The zero-order valence-corrected chi connectivity index (χ0v) is 11.5. The van der Waals surface area contributed by atoms with Crippen molar-refractivity contribution in [1.82, 2.24) is 19.7 Å². The van der Waals surface area contributed by atoms with Gasteiger partial charge >= 0.3 is 5.97 Å². The van der Waals surface area contributed by atoms with Gasteiger partial charge in [-0.25, -0.2) is 14.5 Å². The summed E-state index contributed by atoms with van der Waals surface area (Å²) >= 11 is 0. The molecule has 0 unspecified atom stereocenters. The number of nitrogen functional groups attached to an aromatic ring is 1. The van der Waals surface area contributed by atoms with Crippen molar-refractivity contribution in [3.05, 3.63) is 23.8 Å². The normalized spacial score (nSPS) is 10.3. The van der Waals surface area contributed by atoms with Crippen LogP contribution in [-0.2, 0) is 4.74 Å². The highest BCUT2D eigenvalue weighted by Gasteiger charge is 2.17. The predicted octanol–water partition coefficient (Wildman–Crippen LogP) is 0.738. The molecule has 0 saturated heterocycles.